The highest BCUT2D eigenvalue weighted by atomic mass is 15.3. The zero-order valence-corrected chi connectivity index (χ0v) is 8.96. The lowest BCUT2D eigenvalue weighted by Gasteiger charge is -2.12. The van der Waals surface area contributed by atoms with Crippen LogP contribution in [0.25, 0.3) is 0 Å². The van der Waals surface area contributed by atoms with Crippen LogP contribution in [0.5, 0.6) is 0 Å². The number of aryl methyl sites for hydroxylation is 1. The SMILES string of the molecule is CCn1ncnc1CC(NN)c1ncn[nH]1. The molecule has 0 radical (unpaired) electrons. The molecule has 2 aromatic rings. The zero-order chi connectivity index (χ0) is 11.4. The Morgan fingerprint density at radius 1 is 1.50 bits per heavy atom. The van der Waals surface area contributed by atoms with E-state index < -0.39 is 0 Å². The normalized spacial score (nSPS) is 12.9. The van der Waals surface area contributed by atoms with Crippen molar-refractivity contribution < 1.29 is 0 Å². The first-order valence-corrected chi connectivity index (χ1v) is 5.03. The van der Waals surface area contributed by atoms with E-state index in [-0.39, 0.29) is 6.04 Å². The third-order valence-corrected chi connectivity index (χ3v) is 2.35. The number of H-pyrrole nitrogens is 1. The number of nitrogens with zero attached hydrogens (tertiary/aromatic N) is 5. The maximum absolute atomic E-state index is 5.48. The van der Waals surface area contributed by atoms with Gasteiger partial charge in [0.25, 0.3) is 0 Å². The minimum atomic E-state index is -0.142. The van der Waals surface area contributed by atoms with Crippen LogP contribution in [0, 0.1) is 0 Å². The Hall–Kier alpha value is -1.80. The monoisotopic (exact) mass is 222 g/mol. The van der Waals surface area contributed by atoms with Gasteiger partial charge in [-0.25, -0.2) is 15.4 Å². The van der Waals surface area contributed by atoms with Crippen LogP contribution in [0.3, 0.4) is 0 Å². The Morgan fingerprint density at radius 2 is 2.38 bits per heavy atom. The van der Waals surface area contributed by atoms with Crippen LogP contribution in [-0.2, 0) is 13.0 Å². The summed E-state index contributed by atoms with van der Waals surface area (Å²) in [4.78, 5) is 8.24. The Morgan fingerprint density at radius 3 is 3.00 bits per heavy atom. The average molecular weight is 222 g/mol. The molecular weight excluding hydrogens is 208 g/mol. The minimum absolute atomic E-state index is 0.142. The van der Waals surface area contributed by atoms with E-state index in [0.717, 1.165) is 12.4 Å². The van der Waals surface area contributed by atoms with Crippen LogP contribution in [0.2, 0.25) is 0 Å². The number of hydrogen-bond donors (Lipinski definition) is 3. The standard InChI is InChI=1S/C8H14N8/c1-2-16-7(10-5-13-16)3-6(14-9)8-11-4-12-15-8/h4-6,14H,2-3,9H2,1H3,(H,11,12,15). The molecule has 0 aliphatic carbocycles. The van der Waals surface area contributed by atoms with Gasteiger partial charge in [-0.2, -0.15) is 10.2 Å². The smallest absolute Gasteiger partial charge is 0.143 e. The molecule has 16 heavy (non-hydrogen) atoms. The van der Waals surface area contributed by atoms with Gasteiger partial charge < -0.3 is 0 Å². The molecule has 0 aliphatic heterocycles. The first-order valence-electron chi connectivity index (χ1n) is 5.03. The molecule has 1 unspecified atom stereocenters. The van der Waals surface area contributed by atoms with Gasteiger partial charge in [0.2, 0.25) is 0 Å². The summed E-state index contributed by atoms with van der Waals surface area (Å²) in [6, 6.07) is -0.142. The topological polar surface area (TPSA) is 110 Å². The summed E-state index contributed by atoms with van der Waals surface area (Å²) in [5, 5.41) is 10.7. The zero-order valence-electron chi connectivity index (χ0n) is 8.96. The maximum Gasteiger partial charge on any atom is 0.143 e. The van der Waals surface area contributed by atoms with Crippen LogP contribution in [-0.4, -0.2) is 29.9 Å². The van der Waals surface area contributed by atoms with Gasteiger partial charge in [0, 0.05) is 13.0 Å². The molecule has 8 heteroatoms. The van der Waals surface area contributed by atoms with Gasteiger partial charge in [-0.1, -0.05) is 0 Å². The first-order chi connectivity index (χ1) is 7.85. The lowest BCUT2D eigenvalue weighted by atomic mass is 10.2. The van der Waals surface area contributed by atoms with Crippen molar-refractivity contribution in [1.29, 1.82) is 0 Å². The molecular formula is C8H14N8. The number of hydrazine groups is 1. The van der Waals surface area contributed by atoms with Crippen LogP contribution >= 0.6 is 0 Å². The molecule has 0 saturated carbocycles. The van der Waals surface area contributed by atoms with Crippen molar-refractivity contribution in [3.8, 4) is 0 Å². The molecule has 0 spiro atoms. The van der Waals surface area contributed by atoms with E-state index in [1.807, 2.05) is 11.6 Å². The van der Waals surface area contributed by atoms with E-state index >= 15 is 0 Å². The summed E-state index contributed by atoms with van der Waals surface area (Å²) in [7, 11) is 0. The number of nitrogens with one attached hydrogen (secondary N) is 2. The molecule has 2 heterocycles. The predicted octanol–water partition coefficient (Wildman–Crippen LogP) is -0.837. The average Bonchev–Trinajstić information content (AvgIpc) is 2.96. The summed E-state index contributed by atoms with van der Waals surface area (Å²) < 4.78 is 1.82. The van der Waals surface area contributed by atoms with Gasteiger partial charge in [-0.3, -0.25) is 15.6 Å². The van der Waals surface area contributed by atoms with E-state index in [1.54, 1.807) is 0 Å². The summed E-state index contributed by atoms with van der Waals surface area (Å²) in [5.41, 5.74) is 2.68. The summed E-state index contributed by atoms with van der Waals surface area (Å²) in [5.74, 6) is 7.03. The predicted molar refractivity (Wildman–Crippen MR) is 55.8 cm³/mol. The van der Waals surface area contributed by atoms with Gasteiger partial charge in [-0.05, 0) is 6.92 Å². The number of aromatic amines is 1. The van der Waals surface area contributed by atoms with Gasteiger partial charge in [0.1, 0.15) is 24.3 Å². The van der Waals surface area contributed by atoms with E-state index in [1.165, 1.54) is 12.7 Å². The number of hydrogen-bond acceptors (Lipinski definition) is 6. The number of aromatic nitrogens is 6. The van der Waals surface area contributed by atoms with Gasteiger partial charge >= 0.3 is 0 Å². The molecule has 2 aromatic heterocycles. The van der Waals surface area contributed by atoms with Crippen molar-refractivity contribution in [3.05, 3.63) is 24.3 Å². The quantitative estimate of drug-likeness (QED) is 0.449. The lowest BCUT2D eigenvalue weighted by molar-refractivity contribution is 0.491. The van der Waals surface area contributed by atoms with E-state index in [0.29, 0.717) is 12.2 Å². The summed E-state index contributed by atoms with van der Waals surface area (Å²) in [6.45, 7) is 2.79. The second kappa shape index (κ2) is 4.81. The van der Waals surface area contributed by atoms with E-state index in [4.69, 9.17) is 5.84 Å². The largest absolute Gasteiger partial charge is 0.271 e. The van der Waals surface area contributed by atoms with Crippen LogP contribution in [0.4, 0.5) is 0 Å². The second-order valence-corrected chi connectivity index (χ2v) is 3.29. The van der Waals surface area contributed by atoms with Gasteiger partial charge in [-0.15, -0.1) is 0 Å². The molecule has 4 N–H and O–H groups in total. The molecule has 0 amide bonds. The van der Waals surface area contributed by atoms with E-state index in [2.05, 4.69) is 30.7 Å². The van der Waals surface area contributed by atoms with Crippen molar-refractivity contribution in [2.75, 3.05) is 0 Å². The number of rotatable bonds is 5. The van der Waals surface area contributed by atoms with E-state index in [9.17, 15) is 0 Å². The second-order valence-electron chi connectivity index (χ2n) is 3.29. The third-order valence-electron chi connectivity index (χ3n) is 2.35. The minimum Gasteiger partial charge on any atom is -0.271 e. The highest BCUT2D eigenvalue weighted by Gasteiger charge is 2.16. The van der Waals surface area contributed by atoms with Crippen molar-refractivity contribution in [2.24, 2.45) is 5.84 Å². The fourth-order valence-electron chi connectivity index (χ4n) is 1.51. The Balaban J connectivity index is 2.13. The van der Waals surface area contributed by atoms with Gasteiger partial charge in [0.15, 0.2) is 0 Å². The van der Waals surface area contributed by atoms with Gasteiger partial charge in [0.05, 0.1) is 6.04 Å². The van der Waals surface area contributed by atoms with Crippen LogP contribution < -0.4 is 11.3 Å². The van der Waals surface area contributed by atoms with Crippen molar-refractivity contribution in [2.45, 2.75) is 25.9 Å². The van der Waals surface area contributed by atoms with Crippen molar-refractivity contribution >= 4 is 0 Å². The fraction of sp³-hybridized carbons (Fsp3) is 0.500. The fourth-order valence-corrected chi connectivity index (χ4v) is 1.51. The highest BCUT2D eigenvalue weighted by Crippen LogP contribution is 2.11. The van der Waals surface area contributed by atoms with Crippen LogP contribution in [0.1, 0.15) is 24.6 Å². The van der Waals surface area contributed by atoms with Crippen LogP contribution in [0.15, 0.2) is 12.7 Å². The highest BCUT2D eigenvalue weighted by molar-refractivity contribution is 4.98. The molecule has 0 aliphatic rings. The molecule has 0 saturated heterocycles. The third kappa shape index (κ3) is 2.07. The molecule has 2 rings (SSSR count). The Kier molecular flexibility index (Phi) is 3.22. The first kappa shape index (κ1) is 10.7. The van der Waals surface area contributed by atoms with Crippen molar-refractivity contribution in [3.63, 3.8) is 0 Å². The molecule has 86 valence electrons. The molecule has 8 nitrogen and oxygen atoms in total. The Bertz CT molecular complexity index is 419. The maximum atomic E-state index is 5.48. The molecule has 0 fully saturated rings. The Labute approximate surface area is 92.3 Å². The molecule has 0 bridgehead atoms. The molecule has 0 aromatic carbocycles. The molecule has 1 atom stereocenters. The number of nitrogens with two attached hydrogens (primary N) is 1. The summed E-state index contributed by atoms with van der Waals surface area (Å²) in [6.07, 6.45) is 3.59. The summed E-state index contributed by atoms with van der Waals surface area (Å²) >= 11 is 0. The lowest BCUT2D eigenvalue weighted by Crippen LogP contribution is -2.31. The van der Waals surface area contributed by atoms with Crippen molar-refractivity contribution in [1.82, 2.24) is 35.4 Å².